The molecule has 1 aliphatic heterocycles. The molecule has 5 heteroatoms. The molecule has 1 saturated heterocycles. The van der Waals surface area contributed by atoms with Crippen LogP contribution in [0.25, 0.3) is 0 Å². The molecule has 0 aromatic heterocycles. The summed E-state index contributed by atoms with van der Waals surface area (Å²) in [5.74, 6) is -0.108. The van der Waals surface area contributed by atoms with Crippen molar-refractivity contribution < 1.29 is 14.3 Å². The maximum Gasteiger partial charge on any atom is 0.326 e. The van der Waals surface area contributed by atoms with E-state index in [9.17, 15) is 4.79 Å². The van der Waals surface area contributed by atoms with Gasteiger partial charge in [0, 0.05) is 18.7 Å². The molecule has 1 N–H and O–H groups in total. The minimum Gasteiger partial charge on any atom is -0.465 e. The molecule has 0 radical (unpaired) electrons. The quantitative estimate of drug-likeness (QED) is 0.655. The average molecular weight is 298 g/mol. The van der Waals surface area contributed by atoms with Crippen molar-refractivity contribution >= 4 is 5.97 Å². The number of nitrogens with one attached hydrogen (secondary N) is 1. The van der Waals surface area contributed by atoms with Gasteiger partial charge in [0.2, 0.25) is 0 Å². The molecule has 0 amide bonds. The van der Waals surface area contributed by atoms with Crippen LogP contribution in [0.2, 0.25) is 0 Å². The van der Waals surface area contributed by atoms with E-state index in [1.165, 1.54) is 12.8 Å². The fraction of sp³-hybridized carbons (Fsp3) is 0.938. The van der Waals surface area contributed by atoms with Gasteiger partial charge < -0.3 is 14.4 Å². The van der Waals surface area contributed by atoms with E-state index >= 15 is 0 Å². The molecular formula is C16H30N2O3. The summed E-state index contributed by atoms with van der Waals surface area (Å²) < 4.78 is 10.7. The van der Waals surface area contributed by atoms with Crippen molar-refractivity contribution in [2.75, 3.05) is 33.4 Å². The number of likely N-dealkylation sites (N-methyl/N-ethyl adjacent to an activating group) is 1. The fourth-order valence-electron chi connectivity index (χ4n) is 2.94. The molecule has 2 atom stereocenters. The molecule has 2 rings (SSSR count). The van der Waals surface area contributed by atoms with E-state index in [4.69, 9.17) is 9.47 Å². The highest BCUT2D eigenvalue weighted by Crippen LogP contribution is 2.26. The molecule has 0 aromatic rings. The maximum atomic E-state index is 12.2. The summed E-state index contributed by atoms with van der Waals surface area (Å²) in [6, 6.07) is 1.04. The van der Waals surface area contributed by atoms with Gasteiger partial charge in [-0.1, -0.05) is 0 Å². The Morgan fingerprint density at radius 1 is 1.43 bits per heavy atom. The second-order valence-electron chi connectivity index (χ2n) is 6.57. The van der Waals surface area contributed by atoms with Crippen LogP contribution in [0.1, 0.15) is 46.0 Å². The summed E-state index contributed by atoms with van der Waals surface area (Å²) in [5, 5.41) is 3.48. The average Bonchev–Trinajstić information content (AvgIpc) is 3.08. The number of nitrogens with zero attached hydrogens (tertiary/aromatic N) is 1. The van der Waals surface area contributed by atoms with E-state index in [1.54, 1.807) is 0 Å². The van der Waals surface area contributed by atoms with Crippen molar-refractivity contribution in [3.8, 4) is 0 Å². The summed E-state index contributed by atoms with van der Waals surface area (Å²) in [5.41, 5.74) is -0.538. The highest BCUT2D eigenvalue weighted by Gasteiger charge is 2.39. The molecule has 5 nitrogen and oxygen atoms in total. The Hall–Kier alpha value is -0.650. The van der Waals surface area contributed by atoms with E-state index in [2.05, 4.69) is 17.3 Å². The predicted molar refractivity (Wildman–Crippen MR) is 82.3 cm³/mol. The molecule has 21 heavy (non-hydrogen) atoms. The zero-order valence-corrected chi connectivity index (χ0v) is 13.7. The summed E-state index contributed by atoms with van der Waals surface area (Å²) in [7, 11) is 2.15. The molecule has 0 aromatic carbocycles. The Kier molecular flexibility index (Phi) is 6.02. The minimum absolute atomic E-state index is 0.108. The van der Waals surface area contributed by atoms with Gasteiger partial charge >= 0.3 is 5.97 Å². The minimum atomic E-state index is -0.538. The Bertz CT molecular complexity index is 340. The van der Waals surface area contributed by atoms with Crippen LogP contribution < -0.4 is 5.32 Å². The Morgan fingerprint density at radius 3 is 2.76 bits per heavy atom. The third-order valence-corrected chi connectivity index (χ3v) is 4.54. The van der Waals surface area contributed by atoms with Crippen molar-refractivity contribution in [2.45, 2.75) is 63.6 Å². The first kappa shape index (κ1) is 16.7. The van der Waals surface area contributed by atoms with E-state index in [1.807, 2.05) is 13.8 Å². The summed E-state index contributed by atoms with van der Waals surface area (Å²) in [6.07, 6.45) is 5.27. The van der Waals surface area contributed by atoms with E-state index in [0.717, 1.165) is 39.0 Å². The Labute approximate surface area is 128 Å². The van der Waals surface area contributed by atoms with E-state index < -0.39 is 5.54 Å². The number of carbonyl (C=O) groups excluding carboxylic acids is 1. The summed E-state index contributed by atoms with van der Waals surface area (Å²) in [6.45, 7) is 7.01. The number of rotatable bonds is 9. The van der Waals surface area contributed by atoms with Crippen LogP contribution in [0.15, 0.2) is 0 Å². The first-order valence-electron chi connectivity index (χ1n) is 8.28. The monoisotopic (exact) mass is 298 g/mol. The van der Waals surface area contributed by atoms with Crippen LogP contribution in [0.3, 0.4) is 0 Å². The molecule has 2 aliphatic rings. The predicted octanol–water partition coefficient (Wildman–Crippen LogP) is 1.56. The van der Waals surface area contributed by atoms with Crippen LogP contribution in [-0.2, 0) is 14.3 Å². The number of hydrogen-bond donors (Lipinski definition) is 1. The summed E-state index contributed by atoms with van der Waals surface area (Å²) >= 11 is 0. The molecular weight excluding hydrogens is 268 g/mol. The van der Waals surface area contributed by atoms with Crippen LogP contribution in [-0.4, -0.2) is 61.9 Å². The number of ether oxygens (including phenoxy) is 2. The fourth-order valence-corrected chi connectivity index (χ4v) is 2.94. The molecule has 0 bridgehead atoms. The maximum absolute atomic E-state index is 12.2. The van der Waals surface area contributed by atoms with Crippen molar-refractivity contribution in [1.29, 1.82) is 0 Å². The van der Waals surface area contributed by atoms with Gasteiger partial charge in [0.05, 0.1) is 13.2 Å². The molecule has 2 unspecified atom stereocenters. The first-order chi connectivity index (χ1) is 10.0. The first-order valence-corrected chi connectivity index (χ1v) is 8.28. The molecule has 1 saturated carbocycles. The van der Waals surface area contributed by atoms with Gasteiger partial charge in [-0.3, -0.25) is 10.1 Å². The zero-order valence-electron chi connectivity index (χ0n) is 13.7. The molecule has 0 spiro atoms. The lowest BCUT2D eigenvalue weighted by atomic mass is 9.95. The van der Waals surface area contributed by atoms with Crippen LogP contribution in [0.5, 0.6) is 0 Å². The molecule has 2 fully saturated rings. The highest BCUT2D eigenvalue weighted by atomic mass is 16.5. The molecule has 122 valence electrons. The largest absolute Gasteiger partial charge is 0.465 e. The van der Waals surface area contributed by atoms with E-state index in [-0.39, 0.29) is 5.97 Å². The lowest BCUT2D eigenvalue weighted by Gasteiger charge is -2.30. The van der Waals surface area contributed by atoms with Gasteiger partial charge in [0.25, 0.3) is 0 Å². The molecule has 1 heterocycles. The third-order valence-electron chi connectivity index (χ3n) is 4.54. The van der Waals surface area contributed by atoms with Crippen LogP contribution in [0.4, 0.5) is 0 Å². The number of hydrogen-bond acceptors (Lipinski definition) is 5. The van der Waals surface area contributed by atoms with Crippen LogP contribution >= 0.6 is 0 Å². The zero-order chi connectivity index (χ0) is 15.3. The van der Waals surface area contributed by atoms with Gasteiger partial charge in [0.15, 0.2) is 0 Å². The standard InChI is InChI=1S/C16H30N2O3/c1-4-21-15(19)16(2,17-13-6-7-13)9-5-10-18(3)14-8-11-20-12-14/h13-14,17H,4-12H2,1-3H3. The van der Waals surface area contributed by atoms with Crippen LogP contribution in [0, 0.1) is 0 Å². The van der Waals surface area contributed by atoms with Gasteiger partial charge in [0.1, 0.15) is 5.54 Å². The topological polar surface area (TPSA) is 50.8 Å². The smallest absolute Gasteiger partial charge is 0.326 e. The van der Waals surface area contributed by atoms with E-state index in [0.29, 0.717) is 18.7 Å². The van der Waals surface area contributed by atoms with Crippen molar-refractivity contribution in [2.24, 2.45) is 0 Å². The van der Waals surface area contributed by atoms with Gasteiger partial charge in [-0.25, -0.2) is 0 Å². The lowest BCUT2D eigenvalue weighted by molar-refractivity contribution is -0.151. The number of esters is 1. The Balaban J connectivity index is 1.78. The third kappa shape index (κ3) is 4.94. The lowest BCUT2D eigenvalue weighted by Crippen LogP contribution is -2.52. The SMILES string of the molecule is CCOC(=O)C(C)(CCCN(C)C1CCOC1)NC1CC1. The van der Waals surface area contributed by atoms with Gasteiger partial charge in [-0.05, 0) is 59.5 Å². The normalized spacial score (nSPS) is 25.0. The van der Waals surface area contributed by atoms with Gasteiger partial charge in [-0.2, -0.15) is 0 Å². The highest BCUT2D eigenvalue weighted by molar-refractivity contribution is 5.80. The summed E-state index contributed by atoms with van der Waals surface area (Å²) in [4.78, 5) is 14.6. The second kappa shape index (κ2) is 7.56. The van der Waals surface area contributed by atoms with Crippen molar-refractivity contribution in [3.63, 3.8) is 0 Å². The Morgan fingerprint density at radius 2 is 2.19 bits per heavy atom. The van der Waals surface area contributed by atoms with Crippen molar-refractivity contribution in [1.82, 2.24) is 10.2 Å². The molecule has 1 aliphatic carbocycles. The van der Waals surface area contributed by atoms with Gasteiger partial charge in [-0.15, -0.1) is 0 Å². The number of carbonyl (C=O) groups is 1. The second-order valence-corrected chi connectivity index (χ2v) is 6.57. The van der Waals surface area contributed by atoms with Crippen molar-refractivity contribution in [3.05, 3.63) is 0 Å².